The Morgan fingerprint density at radius 3 is 2.33 bits per heavy atom. The fourth-order valence-corrected chi connectivity index (χ4v) is 2.50. The highest BCUT2D eigenvalue weighted by Crippen LogP contribution is 2.29. The molecular formula is C20H23N3O. The van der Waals surface area contributed by atoms with Crippen LogP contribution in [0.3, 0.4) is 0 Å². The number of nitriles is 1. The number of para-hydroxylation sites is 2. The van der Waals surface area contributed by atoms with E-state index < -0.39 is 0 Å². The summed E-state index contributed by atoms with van der Waals surface area (Å²) in [4.78, 5) is 12.2. The minimum atomic E-state index is -0.0476. The van der Waals surface area contributed by atoms with Crippen molar-refractivity contribution < 1.29 is 4.79 Å². The van der Waals surface area contributed by atoms with Crippen LogP contribution in [-0.2, 0) is 10.2 Å². The molecule has 2 rings (SSSR count). The largest absolute Gasteiger partial charge is 0.383 e. The molecule has 0 saturated heterocycles. The molecule has 2 N–H and O–H groups in total. The van der Waals surface area contributed by atoms with Crippen molar-refractivity contribution in [1.29, 1.82) is 5.26 Å². The van der Waals surface area contributed by atoms with Crippen LogP contribution in [0, 0.1) is 11.3 Å². The van der Waals surface area contributed by atoms with Gasteiger partial charge in [-0.1, -0.05) is 51.1 Å². The predicted molar refractivity (Wildman–Crippen MR) is 98.0 cm³/mol. The van der Waals surface area contributed by atoms with E-state index in [0.29, 0.717) is 18.5 Å². The van der Waals surface area contributed by atoms with E-state index in [9.17, 15) is 4.79 Å². The summed E-state index contributed by atoms with van der Waals surface area (Å²) in [5.41, 5.74) is 3.26. The molecule has 0 bridgehead atoms. The third-order valence-corrected chi connectivity index (χ3v) is 3.72. The van der Waals surface area contributed by atoms with Crippen LogP contribution in [0.5, 0.6) is 0 Å². The second-order valence-corrected chi connectivity index (χ2v) is 6.68. The first-order valence-corrected chi connectivity index (χ1v) is 8.04. The Bertz CT molecular complexity index is 754. The lowest BCUT2D eigenvalue weighted by molar-refractivity contribution is -0.115. The maximum absolute atomic E-state index is 12.2. The average Bonchev–Trinajstić information content (AvgIpc) is 2.55. The van der Waals surface area contributed by atoms with Crippen molar-refractivity contribution in [2.24, 2.45) is 0 Å². The molecule has 0 aliphatic carbocycles. The molecule has 0 unspecified atom stereocenters. The summed E-state index contributed by atoms with van der Waals surface area (Å²) in [6.07, 6.45) is 0.332. The van der Waals surface area contributed by atoms with Gasteiger partial charge in [0.15, 0.2) is 0 Å². The summed E-state index contributed by atoms with van der Waals surface area (Å²) in [7, 11) is 0. The van der Waals surface area contributed by atoms with E-state index in [-0.39, 0.29) is 11.3 Å². The van der Waals surface area contributed by atoms with Gasteiger partial charge in [-0.25, -0.2) is 0 Å². The zero-order valence-electron chi connectivity index (χ0n) is 14.4. The quantitative estimate of drug-likeness (QED) is 0.863. The van der Waals surface area contributed by atoms with Crippen LogP contribution in [0.25, 0.3) is 0 Å². The van der Waals surface area contributed by atoms with Crippen molar-refractivity contribution in [3.8, 4) is 6.07 Å². The van der Waals surface area contributed by atoms with E-state index in [1.165, 1.54) is 0 Å². The van der Waals surface area contributed by atoms with Crippen molar-refractivity contribution in [3.63, 3.8) is 0 Å². The van der Waals surface area contributed by atoms with Crippen molar-refractivity contribution in [2.75, 3.05) is 17.2 Å². The summed E-state index contributed by atoms with van der Waals surface area (Å²) in [6, 6.07) is 17.3. The maximum Gasteiger partial charge on any atom is 0.226 e. The number of amides is 1. The van der Waals surface area contributed by atoms with Gasteiger partial charge in [0.05, 0.1) is 11.3 Å². The number of rotatable bonds is 5. The van der Waals surface area contributed by atoms with Gasteiger partial charge in [-0.15, -0.1) is 0 Å². The van der Waals surface area contributed by atoms with Crippen LogP contribution in [0.1, 0.15) is 38.3 Å². The molecule has 1 amide bonds. The first kappa shape index (κ1) is 17.6. The second kappa shape index (κ2) is 7.65. The van der Waals surface area contributed by atoms with Crippen molar-refractivity contribution >= 4 is 17.3 Å². The van der Waals surface area contributed by atoms with E-state index in [1.54, 1.807) is 6.07 Å². The van der Waals surface area contributed by atoms with Gasteiger partial charge < -0.3 is 10.6 Å². The molecule has 0 aromatic heterocycles. The third kappa shape index (κ3) is 4.60. The molecule has 24 heavy (non-hydrogen) atoms. The Hall–Kier alpha value is -2.80. The first-order chi connectivity index (χ1) is 11.4. The Morgan fingerprint density at radius 1 is 1.04 bits per heavy atom. The smallest absolute Gasteiger partial charge is 0.226 e. The number of nitrogens with one attached hydrogen (secondary N) is 2. The SMILES string of the molecule is CC(C)(C)c1ccccc1NC(=O)CCNc1ccccc1C#N. The summed E-state index contributed by atoms with van der Waals surface area (Å²) in [5.74, 6) is -0.0476. The lowest BCUT2D eigenvalue weighted by atomic mass is 9.86. The fraction of sp³-hybridized carbons (Fsp3) is 0.300. The molecule has 0 radical (unpaired) electrons. The molecule has 124 valence electrons. The van der Waals surface area contributed by atoms with Crippen LogP contribution in [0.4, 0.5) is 11.4 Å². The molecule has 0 atom stereocenters. The summed E-state index contributed by atoms with van der Waals surface area (Å²) in [6.45, 7) is 6.84. The van der Waals surface area contributed by atoms with Gasteiger partial charge >= 0.3 is 0 Å². The number of anilines is 2. The van der Waals surface area contributed by atoms with Crippen LogP contribution in [0.15, 0.2) is 48.5 Å². The first-order valence-electron chi connectivity index (χ1n) is 8.04. The Balaban J connectivity index is 1.94. The molecule has 2 aromatic carbocycles. The molecule has 0 heterocycles. The molecule has 0 aliphatic heterocycles. The van der Waals surface area contributed by atoms with Gasteiger partial charge in [0.25, 0.3) is 0 Å². The Morgan fingerprint density at radius 2 is 1.67 bits per heavy atom. The van der Waals surface area contributed by atoms with Crippen LogP contribution in [-0.4, -0.2) is 12.5 Å². The molecule has 4 nitrogen and oxygen atoms in total. The van der Waals surface area contributed by atoms with Crippen molar-refractivity contribution in [3.05, 3.63) is 59.7 Å². The number of carbonyl (C=O) groups is 1. The highest BCUT2D eigenvalue weighted by atomic mass is 16.1. The second-order valence-electron chi connectivity index (χ2n) is 6.68. The van der Waals surface area contributed by atoms with Gasteiger partial charge in [0, 0.05) is 18.7 Å². The molecule has 2 aromatic rings. The van der Waals surface area contributed by atoms with E-state index in [0.717, 1.165) is 16.9 Å². The van der Waals surface area contributed by atoms with E-state index in [4.69, 9.17) is 5.26 Å². The highest BCUT2D eigenvalue weighted by Gasteiger charge is 2.18. The number of nitrogens with zero attached hydrogens (tertiary/aromatic N) is 1. The standard InChI is InChI=1S/C20H23N3O/c1-20(2,3)16-9-5-7-11-18(16)23-19(24)12-13-22-17-10-6-4-8-15(17)14-21/h4-11,22H,12-13H2,1-3H3,(H,23,24). The van der Waals surface area contributed by atoms with Gasteiger partial charge in [-0.05, 0) is 29.2 Å². The molecule has 0 aliphatic rings. The molecular weight excluding hydrogens is 298 g/mol. The number of hydrogen-bond acceptors (Lipinski definition) is 3. The van der Waals surface area contributed by atoms with Crippen LogP contribution < -0.4 is 10.6 Å². The van der Waals surface area contributed by atoms with Gasteiger partial charge in [-0.3, -0.25) is 4.79 Å². The van der Waals surface area contributed by atoms with E-state index in [2.05, 4.69) is 37.5 Å². The van der Waals surface area contributed by atoms with Crippen molar-refractivity contribution in [1.82, 2.24) is 0 Å². The minimum absolute atomic E-state index is 0.0339. The molecule has 0 spiro atoms. The molecule has 0 fully saturated rings. The van der Waals surface area contributed by atoms with Gasteiger partial charge in [0.2, 0.25) is 5.91 Å². The Labute approximate surface area is 143 Å². The number of hydrogen-bond donors (Lipinski definition) is 2. The number of carbonyl (C=O) groups excluding carboxylic acids is 1. The minimum Gasteiger partial charge on any atom is -0.383 e. The van der Waals surface area contributed by atoms with Crippen LogP contribution >= 0.6 is 0 Å². The highest BCUT2D eigenvalue weighted by molar-refractivity contribution is 5.92. The lowest BCUT2D eigenvalue weighted by Gasteiger charge is -2.23. The average molecular weight is 321 g/mol. The zero-order valence-corrected chi connectivity index (χ0v) is 14.4. The van der Waals surface area contributed by atoms with Gasteiger partial charge in [0.1, 0.15) is 6.07 Å². The van der Waals surface area contributed by atoms with E-state index in [1.807, 2.05) is 42.5 Å². The summed E-state index contributed by atoms with van der Waals surface area (Å²) >= 11 is 0. The Kier molecular flexibility index (Phi) is 5.59. The lowest BCUT2D eigenvalue weighted by Crippen LogP contribution is -2.20. The van der Waals surface area contributed by atoms with Crippen LogP contribution in [0.2, 0.25) is 0 Å². The summed E-state index contributed by atoms with van der Waals surface area (Å²) < 4.78 is 0. The maximum atomic E-state index is 12.2. The molecule has 0 saturated carbocycles. The summed E-state index contributed by atoms with van der Waals surface area (Å²) in [5, 5.41) is 15.2. The zero-order chi connectivity index (χ0) is 17.6. The molecule has 4 heteroatoms. The third-order valence-electron chi connectivity index (χ3n) is 3.72. The fourth-order valence-electron chi connectivity index (χ4n) is 2.50. The number of benzene rings is 2. The predicted octanol–water partition coefficient (Wildman–Crippen LogP) is 4.30. The topological polar surface area (TPSA) is 64.9 Å². The van der Waals surface area contributed by atoms with Gasteiger partial charge in [-0.2, -0.15) is 5.26 Å². The van der Waals surface area contributed by atoms with Crippen molar-refractivity contribution in [2.45, 2.75) is 32.6 Å². The van der Waals surface area contributed by atoms with E-state index >= 15 is 0 Å². The monoisotopic (exact) mass is 321 g/mol. The normalized spacial score (nSPS) is 10.8.